The quantitative estimate of drug-likeness (QED) is 0.650. The predicted molar refractivity (Wildman–Crippen MR) is 117 cm³/mol. The first-order valence-corrected chi connectivity index (χ1v) is 11.5. The van der Waals surface area contributed by atoms with Crippen LogP contribution in [0.5, 0.6) is 5.75 Å². The van der Waals surface area contributed by atoms with Crippen LogP contribution in [0.3, 0.4) is 0 Å². The van der Waals surface area contributed by atoms with Crippen LogP contribution in [0.1, 0.15) is 18.4 Å². The van der Waals surface area contributed by atoms with Crippen molar-refractivity contribution in [3.8, 4) is 5.75 Å². The molecule has 10 heteroatoms. The second-order valence-electron chi connectivity index (χ2n) is 7.33. The van der Waals surface area contributed by atoms with E-state index >= 15 is 0 Å². The largest absolute Gasteiger partial charge is 0.495 e. The molecule has 3 rings (SSSR count). The third-order valence-electron chi connectivity index (χ3n) is 5.10. The fourth-order valence-corrected chi connectivity index (χ4v) is 5.46. The summed E-state index contributed by atoms with van der Waals surface area (Å²) in [6.45, 7) is 0.368. The fraction of sp³-hybridized carbons (Fsp3) is 0.333. The van der Waals surface area contributed by atoms with Crippen molar-refractivity contribution < 1.29 is 22.7 Å². The van der Waals surface area contributed by atoms with Gasteiger partial charge in [0.05, 0.1) is 19.4 Å². The molecule has 1 atom stereocenters. The Morgan fingerprint density at radius 2 is 1.94 bits per heavy atom. The number of sulfonamides is 1. The van der Waals surface area contributed by atoms with E-state index in [0.717, 1.165) is 5.56 Å². The summed E-state index contributed by atoms with van der Waals surface area (Å²) in [4.78, 5) is 23.7. The molecule has 8 nitrogen and oxygen atoms in total. The number of carbonyl (C=O) groups is 2. The normalized spacial score (nSPS) is 17.2. The van der Waals surface area contributed by atoms with E-state index in [0.29, 0.717) is 25.1 Å². The van der Waals surface area contributed by atoms with Crippen molar-refractivity contribution in [2.45, 2.75) is 24.2 Å². The monoisotopic (exact) mass is 465 g/mol. The molecule has 166 valence electrons. The molecule has 3 N–H and O–H groups in total. The van der Waals surface area contributed by atoms with Gasteiger partial charge in [0.1, 0.15) is 10.6 Å². The number of hydrogen-bond acceptors (Lipinski definition) is 5. The van der Waals surface area contributed by atoms with Crippen LogP contribution in [0.2, 0.25) is 5.02 Å². The highest BCUT2D eigenvalue weighted by molar-refractivity contribution is 7.89. The molecular weight excluding hydrogens is 442 g/mol. The third-order valence-corrected chi connectivity index (χ3v) is 7.22. The summed E-state index contributed by atoms with van der Waals surface area (Å²) in [5, 5.41) is 3.10. The van der Waals surface area contributed by atoms with E-state index in [-0.39, 0.29) is 34.5 Å². The summed E-state index contributed by atoms with van der Waals surface area (Å²) in [5.41, 5.74) is 6.49. The van der Waals surface area contributed by atoms with Crippen molar-refractivity contribution in [2.24, 2.45) is 11.7 Å². The number of primary amides is 1. The number of halogens is 1. The molecule has 0 bridgehead atoms. The number of nitrogens with two attached hydrogens (primary N) is 1. The minimum atomic E-state index is -3.88. The predicted octanol–water partition coefficient (Wildman–Crippen LogP) is 2.42. The van der Waals surface area contributed by atoms with Crippen molar-refractivity contribution in [2.75, 3.05) is 25.5 Å². The van der Waals surface area contributed by atoms with Crippen LogP contribution in [0.15, 0.2) is 47.4 Å². The topological polar surface area (TPSA) is 119 Å². The Kier molecular flexibility index (Phi) is 7.19. The number of anilines is 1. The Balaban J connectivity index is 1.72. The van der Waals surface area contributed by atoms with Gasteiger partial charge in [-0.25, -0.2) is 8.42 Å². The SMILES string of the molecule is COc1ccc(Cl)cc1S(=O)(=O)N1CCCC(C(=O)Nc2ccc(CC(N)=O)cc2)C1. The van der Waals surface area contributed by atoms with Gasteiger partial charge in [-0.15, -0.1) is 0 Å². The molecule has 31 heavy (non-hydrogen) atoms. The zero-order valence-electron chi connectivity index (χ0n) is 17.0. The van der Waals surface area contributed by atoms with Crippen molar-refractivity contribution in [1.82, 2.24) is 4.31 Å². The second-order valence-corrected chi connectivity index (χ2v) is 9.67. The van der Waals surface area contributed by atoms with Gasteiger partial charge in [0.15, 0.2) is 0 Å². The summed E-state index contributed by atoms with van der Waals surface area (Å²) in [6.07, 6.45) is 1.25. The lowest BCUT2D eigenvalue weighted by Crippen LogP contribution is -2.43. The zero-order chi connectivity index (χ0) is 22.6. The van der Waals surface area contributed by atoms with Crippen molar-refractivity contribution in [1.29, 1.82) is 0 Å². The van der Waals surface area contributed by atoms with E-state index in [1.807, 2.05) is 0 Å². The highest BCUT2D eigenvalue weighted by Gasteiger charge is 2.35. The molecule has 1 fully saturated rings. The van der Waals surface area contributed by atoms with Gasteiger partial charge < -0.3 is 15.8 Å². The number of carbonyl (C=O) groups excluding carboxylic acids is 2. The second kappa shape index (κ2) is 9.67. The fourth-order valence-electron chi connectivity index (χ4n) is 3.52. The first-order valence-electron chi connectivity index (χ1n) is 9.72. The van der Waals surface area contributed by atoms with Crippen LogP contribution in [0.25, 0.3) is 0 Å². The van der Waals surface area contributed by atoms with Gasteiger partial charge in [0.2, 0.25) is 21.8 Å². The summed E-state index contributed by atoms with van der Waals surface area (Å²) in [6, 6.07) is 11.2. The van der Waals surface area contributed by atoms with Gasteiger partial charge in [-0.05, 0) is 48.7 Å². The summed E-state index contributed by atoms with van der Waals surface area (Å²) >= 11 is 6.00. The van der Waals surface area contributed by atoms with Crippen molar-refractivity contribution in [3.05, 3.63) is 53.1 Å². The first-order chi connectivity index (χ1) is 14.7. The molecule has 1 heterocycles. The number of hydrogen-bond donors (Lipinski definition) is 2. The number of piperidine rings is 1. The Labute approximate surface area is 186 Å². The number of rotatable bonds is 7. The molecule has 0 aromatic heterocycles. The van der Waals surface area contributed by atoms with Crippen LogP contribution < -0.4 is 15.8 Å². The minimum Gasteiger partial charge on any atom is -0.495 e. The maximum Gasteiger partial charge on any atom is 0.246 e. The van der Waals surface area contributed by atoms with Gasteiger partial charge in [0, 0.05) is 23.8 Å². The molecule has 1 unspecified atom stereocenters. The van der Waals surface area contributed by atoms with Crippen LogP contribution >= 0.6 is 11.6 Å². The van der Waals surface area contributed by atoms with E-state index in [1.54, 1.807) is 30.3 Å². The molecule has 1 aliphatic rings. The van der Waals surface area contributed by atoms with Crippen LogP contribution in [0.4, 0.5) is 5.69 Å². The number of nitrogens with zero attached hydrogens (tertiary/aromatic N) is 1. The lowest BCUT2D eigenvalue weighted by atomic mass is 9.98. The molecule has 0 radical (unpaired) electrons. The summed E-state index contributed by atoms with van der Waals surface area (Å²) < 4.78 is 32.9. The molecule has 2 aromatic carbocycles. The third kappa shape index (κ3) is 5.55. The highest BCUT2D eigenvalue weighted by Crippen LogP contribution is 2.32. The van der Waals surface area contributed by atoms with Gasteiger partial charge in [-0.1, -0.05) is 23.7 Å². The summed E-state index contributed by atoms with van der Waals surface area (Å²) in [5.74, 6) is -0.997. The lowest BCUT2D eigenvalue weighted by molar-refractivity contribution is -0.121. The molecule has 0 saturated carbocycles. The molecule has 0 aliphatic carbocycles. The standard InChI is InChI=1S/C21H24ClN3O5S/c1-30-18-9-6-16(22)12-19(18)31(28,29)25-10-2-3-15(13-25)21(27)24-17-7-4-14(5-8-17)11-20(23)26/h4-9,12,15H,2-3,10-11,13H2,1H3,(H2,23,26)(H,24,27). The Bertz CT molecular complexity index is 1070. The first kappa shape index (κ1) is 23.1. The average Bonchev–Trinajstić information content (AvgIpc) is 2.74. The molecular formula is C21H24ClN3O5S. The number of benzene rings is 2. The number of ether oxygens (including phenoxy) is 1. The van der Waals surface area contributed by atoms with Crippen LogP contribution in [0, 0.1) is 5.92 Å². The van der Waals surface area contributed by atoms with Gasteiger partial charge >= 0.3 is 0 Å². The van der Waals surface area contributed by atoms with E-state index in [2.05, 4.69) is 5.32 Å². The average molecular weight is 466 g/mol. The number of nitrogens with one attached hydrogen (secondary N) is 1. The van der Waals surface area contributed by atoms with E-state index in [9.17, 15) is 18.0 Å². The molecule has 2 aromatic rings. The Morgan fingerprint density at radius 3 is 2.58 bits per heavy atom. The van der Waals surface area contributed by atoms with Crippen molar-refractivity contribution in [3.63, 3.8) is 0 Å². The minimum absolute atomic E-state index is 0.0198. The zero-order valence-corrected chi connectivity index (χ0v) is 18.6. The molecule has 1 aliphatic heterocycles. The van der Waals surface area contributed by atoms with Crippen molar-refractivity contribution >= 4 is 39.1 Å². The smallest absolute Gasteiger partial charge is 0.246 e. The lowest BCUT2D eigenvalue weighted by Gasteiger charge is -2.31. The van der Waals surface area contributed by atoms with Gasteiger partial charge in [-0.3, -0.25) is 9.59 Å². The molecule has 0 spiro atoms. The Morgan fingerprint density at radius 1 is 1.23 bits per heavy atom. The highest BCUT2D eigenvalue weighted by atomic mass is 35.5. The number of methoxy groups -OCH3 is 1. The van der Waals surface area contributed by atoms with Gasteiger partial charge in [0.25, 0.3) is 0 Å². The summed E-state index contributed by atoms with van der Waals surface area (Å²) in [7, 11) is -2.49. The number of amides is 2. The molecule has 2 amide bonds. The maximum atomic E-state index is 13.2. The molecule has 1 saturated heterocycles. The van der Waals surface area contributed by atoms with Gasteiger partial charge in [-0.2, -0.15) is 4.31 Å². The van der Waals surface area contributed by atoms with Crippen LogP contribution in [-0.4, -0.2) is 44.7 Å². The maximum absolute atomic E-state index is 13.2. The van der Waals surface area contributed by atoms with Crippen LogP contribution in [-0.2, 0) is 26.0 Å². The van der Waals surface area contributed by atoms with E-state index in [4.69, 9.17) is 22.1 Å². The Hall–Kier alpha value is -2.62. The van der Waals surface area contributed by atoms with E-state index < -0.39 is 21.8 Å². The van der Waals surface area contributed by atoms with E-state index in [1.165, 1.54) is 23.5 Å².